The molecule has 1 heterocycles. The maximum atomic E-state index is 13.5. The van der Waals surface area contributed by atoms with Crippen molar-refractivity contribution in [3.8, 4) is 5.75 Å². The van der Waals surface area contributed by atoms with E-state index in [1.807, 2.05) is 48.5 Å². The number of carbonyl (C=O) groups excluding carboxylic acids is 1. The van der Waals surface area contributed by atoms with Crippen LogP contribution in [0.2, 0.25) is 5.02 Å². The molecule has 1 saturated heterocycles. The predicted octanol–water partition coefficient (Wildman–Crippen LogP) is 5.28. The number of carbonyl (C=O) groups is 1. The van der Waals surface area contributed by atoms with E-state index >= 15 is 0 Å². The third-order valence-electron chi connectivity index (χ3n) is 6.63. The van der Waals surface area contributed by atoms with Gasteiger partial charge in [-0.1, -0.05) is 49.1 Å². The van der Waals surface area contributed by atoms with Gasteiger partial charge in [-0.3, -0.25) is 9.69 Å². The lowest BCUT2D eigenvalue weighted by Gasteiger charge is -2.37. The highest BCUT2D eigenvalue weighted by Gasteiger charge is 2.42. The first-order valence-corrected chi connectivity index (χ1v) is 12.1. The van der Waals surface area contributed by atoms with E-state index in [0.717, 1.165) is 88.4 Å². The van der Waals surface area contributed by atoms with Crippen molar-refractivity contribution in [2.24, 2.45) is 0 Å². The zero-order chi connectivity index (χ0) is 22.2. The summed E-state index contributed by atoms with van der Waals surface area (Å²) in [6.07, 6.45) is 5.88. The summed E-state index contributed by atoms with van der Waals surface area (Å²) in [5, 5.41) is 3.82. The monoisotopic (exact) mass is 456 g/mol. The van der Waals surface area contributed by atoms with Crippen molar-refractivity contribution in [2.75, 3.05) is 44.8 Å². The fourth-order valence-corrected chi connectivity index (χ4v) is 5.13. The third kappa shape index (κ3) is 5.64. The average Bonchev–Trinajstić information content (AvgIpc) is 2.84. The maximum Gasteiger partial charge on any atom is 0.235 e. The molecule has 0 bridgehead atoms. The lowest BCUT2D eigenvalue weighted by atomic mass is 9.68. The molecule has 32 heavy (non-hydrogen) atoms. The Balaban J connectivity index is 1.33. The van der Waals surface area contributed by atoms with Gasteiger partial charge in [0.15, 0.2) is 0 Å². The lowest BCUT2D eigenvalue weighted by Crippen LogP contribution is -2.42. The highest BCUT2D eigenvalue weighted by Crippen LogP contribution is 2.43. The largest absolute Gasteiger partial charge is 0.494 e. The van der Waals surface area contributed by atoms with Crippen LogP contribution in [0, 0.1) is 0 Å². The highest BCUT2D eigenvalue weighted by atomic mass is 35.5. The van der Waals surface area contributed by atoms with Crippen LogP contribution in [0.15, 0.2) is 48.5 Å². The van der Waals surface area contributed by atoms with E-state index in [1.165, 1.54) is 0 Å². The van der Waals surface area contributed by atoms with Crippen molar-refractivity contribution in [3.63, 3.8) is 0 Å². The second-order valence-corrected chi connectivity index (χ2v) is 9.16. The minimum absolute atomic E-state index is 0.0319. The van der Waals surface area contributed by atoms with Gasteiger partial charge in [0.1, 0.15) is 5.75 Å². The van der Waals surface area contributed by atoms with Crippen LogP contribution in [-0.4, -0.2) is 50.3 Å². The molecule has 1 aliphatic heterocycles. The van der Waals surface area contributed by atoms with Crippen molar-refractivity contribution in [2.45, 2.75) is 43.9 Å². The molecule has 2 aromatic rings. The summed E-state index contributed by atoms with van der Waals surface area (Å²) in [5.41, 5.74) is 1.16. The second-order valence-electron chi connectivity index (χ2n) is 8.76. The van der Waals surface area contributed by atoms with Crippen molar-refractivity contribution in [1.29, 1.82) is 0 Å². The molecule has 6 heteroatoms. The lowest BCUT2D eigenvalue weighted by molar-refractivity contribution is -0.122. The molecule has 0 aromatic heterocycles. The van der Waals surface area contributed by atoms with Crippen LogP contribution in [0.3, 0.4) is 0 Å². The van der Waals surface area contributed by atoms with Gasteiger partial charge >= 0.3 is 0 Å². The standard InChI is InChI=1S/C26H33ClN2O3/c27-24-8-3-2-7-23(24)26(13-4-1-5-14-26)25(30)28-21-9-11-22(12-10-21)32-18-6-15-29-16-19-31-20-17-29/h2-3,7-12H,1,4-6,13-20H2,(H,28,30). The Labute approximate surface area is 196 Å². The molecule has 4 rings (SSSR count). The molecule has 2 aromatic carbocycles. The van der Waals surface area contributed by atoms with Crippen LogP contribution < -0.4 is 10.1 Å². The Morgan fingerprint density at radius 2 is 1.75 bits per heavy atom. The number of nitrogens with one attached hydrogen (secondary N) is 1. The molecule has 2 fully saturated rings. The molecule has 0 radical (unpaired) electrons. The first-order valence-electron chi connectivity index (χ1n) is 11.8. The van der Waals surface area contributed by atoms with Gasteiger partial charge in [0.25, 0.3) is 0 Å². The maximum absolute atomic E-state index is 13.5. The molecule has 1 saturated carbocycles. The van der Waals surface area contributed by atoms with E-state index in [9.17, 15) is 4.79 Å². The van der Waals surface area contributed by atoms with E-state index in [2.05, 4.69) is 10.2 Å². The number of hydrogen-bond acceptors (Lipinski definition) is 4. The van der Waals surface area contributed by atoms with Crippen LogP contribution in [0.4, 0.5) is 5.69 Å². The Morgan fingerprint density at radius 3 is 2.47 bits per heavy atom. The van der Waals surface area contributed by atoms with E-state index in [-0.39, 0.29) is 5.91 Å². The van der Waals surface area contributed by atoms with Crippen molar-refractivity contribution in [1.82, 2.24) is 4.90 Å². The third-order valence-corrected chi connectivity index (χ3v) is 6.96. The summed E-state index contributed by atoms with van der Waals surface area (Å²) in [6.45, 7) is 5.37. The van der Waals surface area contributed by atoms with Gasteiger partial charge in [0, 0.05) is 30.3 Å². The van der Waals surface area contributed by atoms with Gasteiger partial charge in [0.2, 0.25) is 5.91 Å². The number of anilines is 1. The van der Waals surface area contributed by atoms with Crippen LogP contribution in [0.5, 0.6) is 5.75 Å². The zero-order valence-corrected chi connectivity index (χ0v) is 19.4. The molecule has 2 aliphatic rings. The van der Waals surface area contributed by atoms with E-state index < -0.39 is 5.41 Å². The molecule has 0 unspecified atom stereocenters. The number of benzene rings is 2. The number of rotatable bonds is 8. The van der Waals surface area contributed by atoms with Crippen molar-refractivity contribution < 1.29 is 14.3 Å². The molecular weight excluding hydrogens is 424 g/mol. The number of ether oxygens (including phenoxy) is 2. The number of halogens is 1. The van der Waals surface area contributed by atoms with Crippen LogP contribution in [0.25, 0.3) is 0 Å². The first kappa shape index (κ1) is 23.1. The normalized spacial score (nSPS) is 18.8. The SMILES string of the molecule is O=C(Nc1ccc(OCCCN2CCOCC2)cc1)C1(c2ccccc2Cl)CCCCC1. The second kappa shape index (κ2) is 11.2. The number of morpholine rings is 1. The van der Waals surface area contributed by atoms with E-state index in [1.54, 1.807) is 0 Å². The summed E-state index contributed by atoms with van der Waals surface area (Å²) in [5.74, 6) is 0.855. The van der Waals surface area contributed by atoms with Gasteiger partial charge in [0.05, 0.1) is 25.2 Å². The molecule has 0 spiro atoms. The molecule has 5 nitrogen and oxygen atoms in total. The number of nitrogens with zero attached hydrogens (tertiary/aromatic N) is 1. The molecular formula is C26H33ClN2O3. The minimum atomic E-state index is -0.564. The molecule has 0 atom stereocenters. The van der Waals surface area contributed by atoms with Crippen molar-refractivity contribution >= 4 is 23.2 Å². The Morgan fingerprint density at radius 1 is 1.03 bits per heavy atom. The van der Waals surface area contributed by atoms with Crippen LogP contribution in [0.1, 0.15) is 44.1 Å². The topological polar surface area (TPSA) is 50.8 Å². The van der Waals surface area contributed by atoms with Crippen LogP contribution >= 0.6 is 11.6 Å². The van der Waals surface area contributed by atoms with Gasteiger partial charge in [-0.15, -0.1) is 0 Å². The number of amides is 1. The van der Waals surface area contributed by atoms with E-state index in [0.29, 0.717) is 11.6 Å². The molecule has 1 amide bonds. The summed E-state index contributed by atoms with van der Waals surface area (Å²) in [6, 6.07) is 15.4. The fourth-order valence-electron chi connectivity index (χ4n) is 4.81. The highest BCUT2D eigenvalue weighted by molar-refractivity contribution is 6.31. The zero-order valence-electron chi connectivity index (χ0n) is 18.7. The molecule has 1 aliphatic carbocycles. The Bertz CT molecular complexity index is 875. The van der Waals surface area contributed by atoms with E-state index in [4.69, 9.17) is 21.1 Å². The van der Waals surface area contributed by atoms with Crippen molar-refractivity contribution in [3.05, 3.63) is 59.1 Å². The summed E-state index contributed by atoms with van der Waals surface area (Å²) >= 11 is 6.52. The smallest absolute Gasteiger partial charge is 0.235 e. The summed E-state index contributed by atoms with van der Waals surface area (Å²) in [7, 11) is 0. The van der Waals surface area contributed by atoms with Crippen LogP contribution in [-0.2, 0) is 14.9 Å². The average molecular weight is 457 g/mol. The molecule has 172 valence electrons. The Kier molecular flexibility index (Phi) is 8.06. The minimum Gasteiger partial charge on any atom is -0.494 e. The quantitative estimate of drug-likeness (QED) is 0.549. The molecule has 1 N–H and O–H groups in total. The van der Waals surface area contributed by atoms with Gasteiger partial charge < -0.3 is 14.8 Å². The van der Waals surface area contributed by atoms with Gasteiger partial charge in [-0.25, -0.2) is 0 Å². The summed E-state index contributed by atoms with van der Waals surface area (Å²) < 4.78 is 11.3. The predicted molar refractivity (Wildman–Crippen MR) is 129 cm³/mol. The summed E-state index contributed by atoms with van der Waals surface area (Å²) in [4.78, 5) is 15.9. The van der Waals surface area contributed by atoms with Gasteiger partial charge in [-0.2, -0.15) is 0 Å². The number of hydrogen-bond donors (Lipinski definition) is 1. The van der Waals surface area contributed by atoms with Gasteiger partial charge in [-0.05, 0) is 55.2 Å². The Hall–Kier alpha value is -2.08. The first-order chi connectivity index (χ1) is 15.7. The fraction of sp³-hybridized carbons (Fsp3) is 0.500.